The molecule has 0 heterocycles. The maximum atomic E-state index is 13.7. The quantitative estimate of drug-likeness (QED) is 0.117. The molecule has 2 amide bonds. The van der Waals surface area contributed by atoms with Crippen molar-refractivity contribution >= 4 is 29.4 Å². The molecule has 3 aromatic rings. The van der Waals surface area contributed by atoms with Gasteiger partial charge < -0.3 is 20.5 Å². The summed E-state index contributed by atoms with van der Waals surface area (Å²) < 4.78 is 45.2. The Hall–Kier alpha value is -4.60. The number of carbonyl (C=O) groups excluding carboxylic acids is 3. The minimum absolute atomic E-state index is 0.0922. The Morgan fingerprint density at radius 3 is 2.27 bits per heavy atom. The van der Waals surface area contributed by atoms with E-state index >= 15 is 0 Å². The van der Waals surface area contributed by atoms with Gasteiger partial charge in [0.25, 0.3) is 5.91 Å². The van der Waals surface area contributed by atoms with Crippen LogP contribution in [0.4, 0.5) is 13.2 Å². The third-order valence-corrected chi connectivity index (χ3v) is 6.22. The van der Waals surface area contributed by atoms with Crippen molar-refractivity contribution in [3.63, 3.8) is 0 Å². The van der Waals surface area contributed by atoms with Crippen LogP contribution in [-0.4, -0.2) is 42.6 Å². The Bertz CT molecular complexity index is 1380. The highest BCUT2D eigenvalue weighted by atomic mass is 19.2. The van der Waals surface area contributed by atoms with Gasteiger partial charge in [0.05, 0.1) is 7.11 Å². The summed E-state index contributed by atoms with van der Waals surface area (Å²) in [6, 6.07) is 13.9. The zero-order valence-corrected chi connectivity index (χ0v) is 22.5. The lowest BCUT2D eigenvalue weighted by Crippen LogP contribution is -2.43. The lowest BCUT2D eigenvalue weighted by atomic mass is 10.0. The summed E-state index contributed by atoms with van der Waals surface area (Å²) in [6.45, 7) is 0.280. The summed E-state index contributed by atoms with van der Waals surface area (Å²) >= 11 is 0. The number of phenols is 1. The number of aromatic hydroxyl groups is 1. The van der Waals surface area contributed by atoms with Crippen molar-refractivity contribution < 1.29 is 37.4 Å². The number of amides is 2. The molecule has 0 radical (unpaired) electrons. The van der Waals surface area contributed by atoms with Crippen LogP contribution >= 0.6 is 0 Å². The number of rotatable bonds is 13. The van der Waals surface area contributed by atoms with Crippen LogP contribution < -0.4 is 10.6 Å². The Kier molecular flexibility index (Phi) is 11.5. The molecule has 0 saturated heterocycles. The van der Waals surface area contributed by atoms with E-state index in [1.54, 1.807) is 12.1 Å². The number of hydrogen-bond acceptors (Lipinski definition) is 5. The number of unbranched alkanes of at least 4 members (excludes halogenated alkanes) is 2. The van der Waals surface area contributed by atoms with Crippen molar-refractivity contribution in [1.29, 1.82) is 0 Å². The van der Waals surface area contributed by atoms with Gasteiger partial charge in [0, 0.05) is 25.0 Å². The highest BCUT2D eigenvalue weighted by molar-refractivity contribution is 6.24. The fraction of sp³-hybridized carbons (Fsp3) is 0.258. The van der Waals surface area contributed by atoms with Crippen LogP contribution in [0.15, 0.2) is 66.7 Å². The topological polar surface area (TPSA) is 105 Å². The standard InChI is InChI=1S/C31H31F3N2O5/c1-41-31(40)28(19-20-6-13-24(37)14-7-20)36-29(38)5-3-2-4-16-35-30(39)25(22-9-11-23(32)12-10-22)17-21-8-15-26(33)27(34)18-21/h6-15,17-18,28,37H,2-5,16,19H2,1H3,(H,35,39)(H,36,38)/b25-17-. The van der Waals surface area contributed by atoms with Crippen LogP contribution in [0.25, 0.3) is 11.6 Å². The molecular formula is C31H31F3N2O5. The van der Waals surface area contributed by atoms with Crippen molar-refractivity contribution in [2.75, 3.05) is 13.7 Å². The van der Waals surface area contributed by atoms with E-state index in [9.17, 15) is 32.7 Å². The van der Waals surface area contributed by atoms with Crippen molar-refractivity contribution in [2.45, 2.75) is 38.1 Å². The van der Waals surface area contributed by atoms with Crippen LogP contribution in [-0.2, 0) is 25.5 Å². The molecule has 3 rings (SSSR count). The number of carbonyl (C=O) groups is 3. The summed E-state index contributed by atoms with van der Waals surface area (Å²) in [4.78, 5) is 37.5. The molecule has 3 N–H and O–H groups in total. The van der Waals surface area contributed by atoms with Gasteiger partial charge in [-0.05, 0) is 72.0 Å². The second kappa shape index (κ2) is 15.3. The Morgan fingerprint density at radius 2 is 1.61 bits per heavy atom. The van der Waals surface area contributed by atoms with Gasteiger partial charge in [-0.2, -0.15) is 0 Å². The summed E-state index contributed by atoms with van der Waals surface area (Å²) in [7, 11) is 1.24. The van der Waals surface area contributed by atoms with Gasteiger partial charge in [-0.3, -0.25) is 9.59 Å². The number of ether oxygens (including phenoxy) is 1. The molecule has 3 aromatic carbocycles. The number of benzene rings is 3. The van der Waals surface area contributed by atoms with Crippen molar-refractivity contribution in [2.24, 2.45) is 0 Å². The average Bonchev–Trinajstić information content (AvgIpc) is 2.96. The number of phenolic OH excluding ortho intramolecular Hbond substituents is 1. The summed E-state index contributed by atoms with van der Waals surface area (Å²) in [5.74, 6) is -3.84. The van der Waals surface area contributed by atoms with Gasteiger partial charge in [0.2, 0.25) is 5.91 Å². The molecule has 7 nitrogen and oxygen atoms in total. The SMILES string of the molecule is COC(=O)C(Cc1ccc(O)cc1)NC(=O)CCCCCNC(=O)/C(=C\c1ccc(F)c(F)c1)c1ccc(F)cc1. The molecule has 1 unspecified atom stereocenters. The van der Waals surface area contributed by atoms with E-state index in [2.05, 4.69) is 10.6 Å². The smallest absolute Gasteiger partial charge is 0.328 e. The third-order valence-electron chi connectivity index (χ3n) is 6.22. The summed E-state index contributed by atoms with van der Waals surface area (Å²) in [5.41, 5.74) is 1.56. The Labute approximate surface area is 236 Å². The monoisotopic (exact) mass is 568 g/mol. The summed E-state index contributed by atoms with van der Waals surface area (Å²) in [5, 5.41) is 14.9. The molecule has 0 bridgehead atoms. The van der Waals surface area contributed by atoms with Gasteiger partial charge >= 0.3 is 5.97 Å². The van der Waals surface area contributed by atoms with Crippen molar-refractivity contribution in [3.8, 4) is 5.75 Å². The van der Waals surface area contributed by atoms with Crippen LogP contribution in [0.2, 0.25) is 0 Å². The van der Waals surface area contributed by atoms with E-state index in [0.717, 1.165) is 17.7 Å². The van der Waals surface area contributed by atoms with E-state index in [0.29, 0.717) is 24.8 Å². The molecule has 0 aliphatic rings. The molecule has 1 atom stereocenters. The molecule has 216 valence electrons. The molecule has 41 heavy (non-hydrogen) atoms. The van der Waals surface area contributed by atoms with Gasteiger partial charge in [0.15, 0.2) is 11.6 Å². The minimum Gasteiger partial charge on any atom is -0.508 e. The predicted octanol–water partition coefficient (Wildman–Crippen LogP) is 4.93. The fourth-order valence-electron chi connectivity index (χ4n) is 4.03. The maximum absolute atomic E-state index is 13.7. The van der Waals surface area contributed by atoms with Crippen LogP contribution in [0.5, 0.6) is 5.75 Å². The predicted molar refractivity (Wildman–Crippen MR) is 148 cm³/mol. The van der Waals surface area contributed by atoms with Crippen molar-refractivity contribution in [1.82, 2.24) is 10.6 Å². The second-order valence-corrected chi connectivity index (χ2v) is 9.32. The minimum atomic E-state index is -1.06. The van der Waals surface area contributed by atoms with Crippen LogP contribution in [0.1, 0.15) is 42.4 Å². The van der Waals surface area contributed by atoms with Crippen LogP contribution in [0.3, 0.4) is 0 Å². The molecule has 0 saturated carbocycles. The first-order chi connectivity index (χ1) is 19.7. The number of nitrogens with one attached hydrogen (secondary N) is 2. The normalized spacial score (nSPS) is 12.0. The van der Waals surface area contributed by atoms with Crippen LogP contribution in [0, 0.1) is 17.5 Å². The molecular weight excluding hydrogens is 537 g/mol. The second-order valence-electron chi connectivity index (χ2n) is 9.32. The van der Waals surface area contributed by atoms with E-state index in [1.807, 2.05) is 0 Å². The maximum Gasteiger partial charge on any atom is 0.328 e. The highest BCUT2D eigenvalue weighted by Crippen LogP contribution is 2.21. The van der Waals surface area contributed by atoms with Gasteiger partial charge in [-0.25, -0.2) is 18.0 Å². The first kappa shape index (κ1) is 30.9. The van der Waals surface area contributed by atoms with Gasteiger partial charge in [-0.1, -0.05) is 36.8 Å². The Balaban J connectivity index is 1.49. The number of halogens is 3. The molecule has 10 heteroatoms. The summed E-state index contributed by atoms with van der Waals surface area (Å²) in [6.07, 6.45) is 3.42. The van der Waals surface area contributed by atoms with Gasteiger partial charge in [-0.15, -0.1) is 0 Å². The molecule has 0 aromatic heterocycles. The highest BCUT2D eigenvalue weighted by Gasteiger charge is 2.22. The molecule has 0 aliphatic carbocycles. The van der Waals surface area contributed by atoms with Gasteiger partial charge in [0.1, 0.15) is 17.6 Å². The van der Waals surface area contributed by atoms with E-state index in [1.165, 1.54) is 55.7 Å². The Morgan fingerprint density at radius 1 is 0.902 bits per heavy atom. The number of hydrogen-bond donors (Lipinski definition) is 3. The zero-order valence-electron chi connectivity index (χ0n) is 22.5. The number of esters is 1. The molecule has 0 spiro atoms. The molecule has 0 aliphatic heterocycles. The van der Waals surface area contributed by atoms with E-state index < -0.39 is 35.4 Å². The fourth-order valence-corrected chi connectivity index (χ4v) is 4.03. The van der Waals surface area contributed by atoms with E-state index in [4.69, 9.17) is 4.74 Å². The third kappa shape index (κ3) is 9.82. The van der Waals surface area contributed by atoms with Crippen molar-refractivity contribution in [3.05, 3.63) is 101 Å². The zero-order chi connectivity index (χ0) is 29.8. The lowest BCUT2D eigenvalue weighted by Gasteiger charge is -2.16. The first-order valence-electron chi connectivity index (χ1n) is 13.0. The lowest BCUT2D eigenvalue weighted by molar-refractivity contribution is -0.145. The first-order valence-corrected chi connectivity index (χ1v) is 13.0. The van der Waals surface area contributed by atoms with E-state index in [-0.39, 0.29) is 42.2 Å². The molecule has 0 fully saturated rings. The number of methoxy groups -OCH3 is 1. The average molecular weight is 569 g/mol. The largest absolute Gasteiger partial charge is 0.508 e.